The third kappa shape index (κ3) is 20.9. The Hall–Kier alpha value is -13.0. The van der Waals surface area contributed by atoms with Crippen LogP contribution in [0, 0.1) is 11.8 Å². The van der Waals surface area contributed by atoms with Crippen molar-refractivity contribution in [2.24, 2.45) is 0 Å². The first-order chi connectivity index (χ1) is 55.4. The van der Waals surface area contributed by atoms with Gasteiger partial charge in [0.25, 0.3) is 23.6 Å². The predicted molar refractivity (Wildman–Crippen MR) is 448 cm³/mol. The Kier molecular flexibility index (Phi) is 28.5. The van der Waals surface area contributed by atoms with Gasteiger partial charge in [0.15, 0.2) is 23.1 Å². The molecule has 0 saturated carbocycles. The van der Waals surface area contributed by atoms with Crippen LogP contribution in [-0.2, 0) is 96.8 Å². The number of amides is 4. The van der Waals surface area contributed by atoms with E-state index in [1.165, 1.54) is 33.3 Å². The molecule has 4 aliphatic carbocycles. The lowest BCUT2D eigenvalue weighted by Gasteiger charge is -2.32. The molecule has 7 aromatic rings. The summed E-state index contributed by atoms with van der Waals surface area (Å²) < 4.78 is 5.35. The first-order valence-electron chi connectivity index (χ1n) is 38.4. The van der Waals surface area contributed by atoms with Crippen LogP contribution in [0.2, 0.25) is 0 Å². The Labute approximate surface area is 680 Å². The number of nitrogens with one attached hydrogen (secondary N) is 5. The number of ether oxygens (including phenoxy) is 1. The van der Waals surface area contributed by atoms with Crippen molar-refractivity contribution in [3.05, 3.63) is 264 Å². The van der Waals surface area contributed by atoms with Crippen molar-refractivity contribution in [2.45, 2.75) is 118 Å². The monoisotopic (exact) mass is 1580 g/mol. The van der Waals surface area contributed by atoms with E-state index in [1.807, 2.05) is 127 Å². The molecular formula is C94H98N6O17. The Morgan fingerprint density at radius 2 is 0.744 bits per heavy atom. The summed E-state index contributed by atoms with van der Waals surface area (Å²) in [6.45, 7) is 23.3. The molecule has 7 aromatic carbocycles. The molecule has 1 fully saturated rings. The Morgan fingerprint density at radius 3 is 1.18 bits per heavy atom. The quantitative estimate of drug-likeness (QED) is 0.0183. The molecule has 4 amide bonds. The molecule has 0 radical (unpaired) electrons. The summed E-state index contributed by atoms with van der Waals surface area (Å²) in [5.74, 6) is -1.11. The summed E-state index contributed by atoms with van der Waals surface area (Å²) in [6, 6.07) is 51.1. The van der Waals surface area contributed by atoms with E-state index >= 15 is 0 Å². The number of nitrogens with zero attached hydrogens (tertiary/aromatic N) is 1. The van der Waals surface area contributed by atoms with Crippen LogP contribution in [-0.4, -0.2) is 161 Å². The van der Waals surface area contributed by atoms with E-state index in [9.17, 15) is 78.0 Å². The van der Waals surface area contributed by atoms with Crippen molar-refractivity contribution in [3.8, 4) is 11.8 Å². The maximum Gasteiger partial charge on any atom is 0.259 e. The third-order valence-electron chi connectivity index (χ3n) is 20.7. The van der Waals surface area contributed by atoms with Crippen molar-refractivity contribution in [2.75, 3.05) is 70.9 Å². The predicted octanol–water partition coefficient (Wildman–Crippen LogP) is 11.2. The minimum atomic E-state index is -1.03. The number of aryl methyl sites for hydroxylation is 2. The maximum absolute atomic E-state index is 13.0. The van der Waals surface area contributed by atoms with Crippen LogP contribution in [0.3, 0.4) is 0 Å². The van der Waals surface area contributed by atoms with E-state index in [0.717, 1.165) is 80.2 Å². The van der Waals surface area contributed by atoms with Crippen LogP contribution >= 0.6 is 0 Å². The molecule has 1 saturated heterocycles. The van der Waals surface area contributed by atoms with Gasteiger partial charge >= 0.3 is 0 Å². The lowest BCUT2D eigenvalue weighted by atomic mass is 9.70. The number of benzene rings is 7. The molecule has 23 nitrogen and oxygen atoms in total. The number of Topliss-reactive ketones (excluding diaryl/α,β-unsaturated/α-hetero) is 8. The molecule has 12 rings (SSSR count). The molecule has 9 N–H and O–H groups in total. The van der Waals surface area contributed by atoms with Gasteiger partial charge in [-0.15, -0.1) is 0 Å². The molecule has 0 spiro atoms. The van der Waals surface area contributed by atoms with Crippen LogP contribution in [0.5, 0.6) is 0 Å². The molecule has 0 bridgehead atoms. The van der Waals surface area contributed by atoms with Gasteiger partial charge in [0, 0.05) is 65.2 Å². The van der Waals surface area contributed by atoms with Crippen molar-refractivity contribution in [3.63, 3.8) is 0 Å². The van der Waals surface area contributed by atoms with E-state index in [0.29, 0.717) is 50.1 Å². The number of rotatable bonds is 21. The highest BCUT2D eigenvalue weighted by atomic mass is 16.5. The molecule has 0 atom stereocenters. The molecule has 23 heteroatoms. The van der Waals surface area contributed by atoms with Gasteiger partial charge in [0.2, 0.25) is 0 Å². The number of morpholine rings is 1. The van der Waals surface area contributed by atoms with E-state index in [4.69, 9.17) is 4.74 Å². The molecule has 0 aromatic heterocycles. The van der Waals surface area contributed by atoms with Gasteiger partial charge in [0.05, 0.1) is 61.1 Å². The lowest BCUT2D eigenvalue weighted by Crippen LogP contribution is -2.42. The SMILES string of the molecule is CC(=O)CNC(=O)C1=C(O)c2ccc(/C=C/c3ccccc3)cc2C(C)(C)C1=O.CC(=O)CNC(=O)C1=C(O)c2ccc(C#Cc3ccccc3)cc2C(C)(C)C1=O.CC(=O)CNC(=O)C1=C(O)c2ccc(CCc3ccccc3)cc2C(C)(C)C1=O.CC(=O)CNC(=O)C1=C(O)c2ccc(NCCN3CCOCC3)cc2C(C)(C)C1=O. The molecule has 117 heavy (non-hydrogen) atoms. The number of hydrogen-bond donors (Lipinski definition) is 9. The number of aliphatic hydroxyl groups is 4. The molecular weight excluding hydrogens is 1490 g/mol. The van der Waals surface area contributed by atoms with Crippen LogP contribution in [0.15, 0.2) is 186 Å². The fraction of sp³-hybridized carbons (Fsp3) is 0.298. The van der Waals surface area contributed by atoms with Crippen molar-refractivity contribution < 1.29 is 82.7 Å². The average Bonchev–Trinajstić information content (AvgIpc) is 0.760. The van der Waals surface area contributed by atoms with E-state index in [2.05, 4.69) is 55.5 Å². The van der Waals surface area contributed by atoms with Crippen molar-refractivity contribution in [1.29, 1.82) is 0 Å². The van der Waals surface area contributed by atoms with Crippen LogP contribution in [0.25, 0.3) is 35.2 Å². The summed E-state index contributed by atoms with van der Waals surface area (Å²) in [5, 5.41) is 55.6. The van der Waals surface area contributed by atoms with Gasteiger partial charge in [-0.1, -0.05) is 139 Å². The van der Waals surface area contributed by atoms with Crippen LogP contribution in [0.4, 0.5) is 5.69 Å². The van der Waals surface area contributed by atoms with Crippen LogP contribution in [0.1, 0.15) is 161 Å². The molecule has 0 unspecified atom stereocenters. The number of anilines is 1. The number of fused-ring (bicyclic) bond motifs is 4. The Morgan fingerprint density at radius 1 is 0.393 bits per heavy atom. The third-order valence-corrected chi connectivity index (χ3v) is 20.7. The zero-order valence-electron chi connectivity index (χ0n) is 67.8. The minimum absolute atomic E-state index is 0.186. The summed E-state index contributed by atoms with van der Waals surface area (Å²) in [7, 11) is 0. The van der Waals surface area contributed by atoms with Gasteiger partial charge in [-0.2, -0.15) is 0 Å². The summed E-state index contributed by atoms with van der Waals surface area (Å²) in [5.41, 5.74) is 5.81. The Bertz CT molecular complexity index is 5350. The second kappa shape index (κ2) is 37.9. The maximum atomic E-state index is 13.0. The standard InChI is InChI=1S/C24H25NO4.C24H23NO4.C24H21NO4.C22H29N3O5/c3*1-15(26)14-25-23(29)20-21(27)18-12-11-17(10-9-16-7-5-4-6-8-16)13-19(18)24(2,3)22(20)28;1-14(26)13-24-21(29)18-19(27)16-5-4-15(12-17(16)22(2,3)20(18)28)23-6-7-25-8-10-30-11-9-25/h4-8,11-13,27H,9-10,14H2,1-3H3,(H,25,29);4-13,27H,14H2,1-3H3,(H,25,29);4-8,11-13,27H,14H2,1-3H3,(H,25,29);4-5,12,23,27H,6-11,13H2,1-3H3,(H,24,29)/b;10-9+;;. The number of aliphatic hydroxyl groups excluding tert-OH is 4. The summed E-state index contributed by atoms with van der Waals surface area (Å²) in [6.07, 6.45) is 5.58. The first-order valence-corrected chi connectivity index (χ1v) is 38.4. The normalized spacial score (nSPS) is 15.9. The van der Waals surface area contributed by atoms with Gasteiger partial charge < -0.3 is 51.7 Å². The highest BCUT2D eigenvalue weighted by Crippen LogP contribution is 2.45. The Balaban J connectivity index is 0.000000178. The van der Waals surface area contributed by atoms with Gasteiger partial charge in [-0.3, -0.25) is 62.4 Å². The van der Waals surface area contributed by atoms with Crippen molar-refractivity contribution >= 4 is 111 Å². The average molecular weight is 1580 g/mol. The van der Waals surface area contributed by atoms with E-state index in [1.54, 1.807) is 91.8 Å². The minimum Gasteiger partial charge on any atom is -0.506 e. The molecule has 1 heterocycles. The smallest absolute Gasteiger partial charge is 0.259 e. The number of carbonyl (C=O) groups is 12. The largest absolute Gasteiger partial charge is 0.506 e. The highest BCUT2D eigenvalue weighted by Gasteiger charge is 2.47. The van der Waals surface area contributed by atoms with Gasteiger partial charge in [0.1, 0.15) is 68.5 Å². The zero-order chi connectivity index (χ0) is 85.4. The number of hydrogen-bond acceptors (Lipinski definition) is 19. The van der Waals surface area contributed by atoms with Gasteiger partial charge in [-0.25, -0.2) is 0 Å². The van der Waals surface area contributed by atoms with E-state index < -0.39 is 68.4 Å². The lowest BCUT2D eigenvalue weighted by molar-refractivity contribution is -0.127. The second-order valence-electron chi connectivity index (χ2n) is 31.2. The summed E-state index contributed by atoms with van der Waals surface area (Å²) >= 11 is 0. The molecule has 606 valence electrons. The highest BCUT2D eigenvalue weighted by molar-refractivity contribution is 6.31. The molecule has 5 aliphatic rings. The second-order valence-corrected chi connectivity index (χ2v) is 31.2. The molecule has 1 aliphatic heterocycles. The fourth-order valence-corrected chi connectivity index (χ4v) is 13.8. The number of ketones is 8. The zero-order valence-corrected chi connectivity index (χ0v) is 67.8. The number of carbonyl (C=O) groups excluding carboxylic acids is 12. The van der Waals surface area contributed by atoms with Crippen LogP contribution < -0.4 is 26.6 Å². The summed E-state index contributed by atoms with van der Waals surface area (Å²) in [4.78, 5) is 149. The topological polar surface area (TPSA) is 358 Å². The van der Waals surface area contributed by atoms with Crippen molar-refractivity contribution in [1.82, 2.24) is 26.2 Å². The first kappa shape index (κ1) is 87.9. The fourth-order valence-electron chi connectivity index (χ4n) is 13.8. The van der Waals surface area contributed by atoms with E-state index in [-0.39, 0.29) is 94.6 Å². The van der Waals surface area contributed by atoms with Gasteiger partial charge in [-0.05, 0) is 189 Å².